The van der Waals surface area contributed by atoms with E-state index in [1.54, 1.807) is 4.90 Å². The summed E-state index contributed by atoms with van der Waals surface area (Å²) in [6, 6.07) is 28.4. The minimum absolute atomic E-state index is 0.0189. The summed E-state index contributed by atoms with van der Waals surface area (Å²) in [4.78, 5) is 41.9. The number of halogens is 1. The lowest BCUT2D eigenvalue weighted by Gasteiger charge is -2.40. The number of hydrogen-bond donors (Lipinski definition) is 2. The Morgan fingerprint density at radius 2 is 1.46 bits per heavy atom. The number of carbonyl (C=O) groups is 3. The number of hydrogen-bond acceptors (Lipinski definition) is 6. The minimum atomic E-state index is -0.838. The third-order valence-electron chi connectivity index (χ3n) is 10.3. The maximum atomic E-state index is 13.6. The van der Waals surface area contributed by atoms with Crippen LogP contribution < -0.4 is 5.32 Å². The average Bonchev–Trinajstić information content (AvgIpc) is 3.13. The molecule has 2 N–H and O–H groups in total. The molecular weight excluding hydrogens is 626 g/mol. The minimum Gasteiger partial charge on any atom is -0.469 e. The molecule has 48 heavy (non-hydrogen) atoms. The topological polar surface area (TPSA) is 99.2 Å². The number of carbonyl (C=O) groups excluding carboxylic acids is 3. The van der Waals surface area contributed by atoms with E-state index in [4.69, 9.17) is 11.6 Å². The van der Waals surface area contributed by atoms with E-state index in [1.165, 1.54) is 18.2 Å². The van der Waals surface area contributed by atoms with E-state index in [1.807, 2.05) is 36.4 Å². The number of ether oxygens (including phenoxy) is 1. The Labute approximate surface area is 289 Å². The van der Waals surface area contributed by atoms with E-state index in [0.29, 0.717) is 50.3 Å². The number of benzene rings is 3. The summed E-state index contributed by atoms with van der Waals surface area (Å²) in [6.45, 7) is 3.99. The summed E-state index contributed by atoms with van der Waals surface area (Å²) in [7, 11) is 1.32. The summed E-state index contributed by atoms with van der Waals surface area (Å²) in [5.41, 5.74) is 1.99. The van der Waals surface area contributed by atoms with Gasteiger partial charge in [0.05, 0.1) is 19.1 Å². The van der Waals surface area contributed by atoms with Crippen LogP contribution in [0.4, 0.5) is 0 Å². The van der Waals surface area contributed by atoms with Gasteiger partial charge in [0.1, 0.15) is 0 Å². The van der Waals surface area contributed by atoms with Crippen molar-refractivity contribution in [2.45, 2.75) is 62.4 Å². The van der Waals surface area contributed by atoms with Gasteiger partial charge in [0.2, 0.25) is 11.8 Å². The van der Waals surface area contributed by atoms with Gasteiger partial charge in [-0.15, -0.1) is 0 Å². The second-order valence-electron chi connectivity index (χ2n) is 13.2. The van der Waals surface area contributed by atoms with Crippen LogP contribution in [0.5, 0.6) is 0 Å². The van der Waals surface area contributed by atoms with Crippen LogP contribution in [-0.2, 0) is 30.1 Å². The number of aliphatic hydroxyl groups is 1. The highest BCUT2D eigenvalue weighted by Crippen LogP contribution is 2.38. The van der Waals surface area contributed by atoms with Gasteiger partial charge in [0.15, 0.2) is 0 Å². The number of nitrogens with zero attached hydrogens (tertiary/aromatic N) is 2. The zero-order valence-electron chi connectivity index (χ0n) is 27.9. The lowest BCUT2D eigenvalue weighted by atomic mass is 9.71. The van der Waals surface area contributed by atoms with Crippen LogP contribution in [0, 0.1) is 5.92 Å². The van der Waals surface area contributed by atoms with Gasteiger partial charge in [-0.2, -0.15) is 0 Å². The van der Waals surface area contributed by atoms with Gasteiger partial charge in [-0.25, -0.2) is 0 Å². The highest BCUT2D eigenvalue weighted by atomic mass is 35.5. The largest absolute Gasteiger partial charge is 0.469 e. The SMILES string of the molecule is COC(=O)CCC(=O)N1CCC(C(=O)NCC(CCCN2CCC(O)(c3ccc(Cl)cc3)CC2)(c2ccccc2)c2ccccc2)CC1. The molecule has 256 valence electrons. The number of piperidine rings is 2. The van der Waals surface area contributed by atoms with Gasteiger partial charge in [0.25, 0.3) is 0 Å². The van der Waals surface area contributed by atoms with Gasteiger partial charge in [-0.1, -0.05) is 84.4 Å². The van der Waals surface area contributed by atoms with Crippen LogP contribution in [0.3, 0.4) is 0 Å². The van der Waals surface area contributed by atoms with Crippen molar-refractivity contribution in [3.63, 3.8) is 0 Å². The van der Waals surface area contributed by atoms with Crippen LogP contribution in [0.15, 0.2) is 84.9 Å². The van der Waals surface area contributed by atoms with Crippen molar-refractivity contribution >= 4 is 29.4 Å². The van der Waals surface area contributed by atoms with E-state index in [9.17, 15) is 19.5 Å². The number of likely N-dealkylation sites (tertiary alicyclic amines) is 2. The Morgan fingerprint density at radius 3 is 2.02 bits per heavy atom. The fourth-order valence-electron chi connectivity index (χ4n) is 7.30. The van der Waals surface area contributed by atoms with E-state index >= 15 is 0 Å². The summed E-state index contributed by atoms with van der Waals surface area (Å²) in [5.74, 6) is -0.623. The Hall–Kier alpha value is -3.72. The molecule has 9 heteroatoms. The van der Waals surface area contributed by atoms with Crippen molar-refractivity contribution in [3.05, 3.63) is 107 Å². The normalized spacial score (nSPS) is 17.1. The summed E-state index contributed by atoms with van der Waals surface area (Å²) in [5, 5.41) is 15.4. The molecule has 2 fully saturated rings. The first-order valence-corrected chi connectivity index (χ1v) is 17.5. The molecule has 8 nitrogen and oxygen atoms in total. The van der Waals surface area contributed by atoms with Gasteiger partial charge in [0, 0.05) is 55.5 Å². The summed E-state index contributed by atoms with van der Waals surface area (Å²) < 4.78 is 4.66. The molecule has 0 aromatic heterocycles. The van der Waals surface area contributed by atoms with Gasteiger partial charge < -0.3 is 25.0 Å². The van der Waals surface area contributed by atoms with Crippen LogP contribution >= 0.6 is 11.6 Å². The second kappa shape index (κ2) is 16.6. The van der Waals surface area contributed by atoms with Gasteiger partial charge in [-0.3, -0.25) is 14.4 Å². The first-order chi connectivity index (χ1) is 23.2. The number of esters is 1. The van der Waals surface area contributed by atoms with Crippen molar-refractivity contribution in [1.82, 2.24) is 15.1 Å². The Kier molecular flexibility index (Phi) is 12.3. The van der Waals surface area contributed by atoms with Crippen molar-refractivity contribution in [2.24, 2.45) is 5.92 Å². The van der Waals surface area contributed by atoms with Crippen LogP contribution in [0.2, 0.25) is 5.02 Å². The molecule has 0 bridgehead atoms. The number of nitrogens with one attached hydrogen (secondary N) is 1. The molecule has 0 unspecified atom stereocenters. The predicted molar refractivity (Wildman–Crippen MR) is 187 cm³/mol. The Morgan fingerprint density at radius 1 is 0.875 bits per heavy atom. The molecule has 3 aromatic carbocycles. The molecule has 2 saturated heterocycles. The lowest BCUT2D eigenvalue weighted by Crippen LogP contribution is -2.47. The molecule has 2 amide bonds. The molecule has 2 aliphatic heterocycles. The van der Waals surface area contributed by atoms with Crippen molar-refractivity contribution in [3.8, 4) is 0 Å². The highest BCUT2D eigenvalue weighted by Gasteiger charge is 2.37. The zero-order chi connectivity index (χ0) is 34.0. The monoisotopic (exact) mass is 673 g/mol. The molecule has 3 aromatic rings. The summed E-state index contributed by atoms with van der Waals surface area (Å²) >= 11 is 6.08. The molecule has 0 aliphatic carbocycles. The smallest absolute Gasteiger partial charge is 0.306 e. The maximum Gasteiger partial charge on any atom is 0.306 e. The fourth-order valence-corrected chi connectivity index (χ4v) is 7.43. The quantitative estimate of drug-likeness (QED) is 0.226. The first kappa shape index (κ1) is 35.6. The molecule has 0 radical (unpaired) electrons. The maximum absolute atomic E-state index is 13.6. The molecule has 5 rings (SSSR count). The van der Waals surface area contributed by atoms with E-state index < -0.39 is 17.0 Å². The van der Waals surface area contributed by atoms with Crippen LogP contribution in [-0.4, -0.2) is 79.1 Å². The second-order valence-corrected chi connectivity index (χ2v) is 13.7. The zero-order valence-corrected chi connectivity index (χ0v) is 28.7. The predicted octanol–water partition coefficient (Wildman–Crippen LogP) is 5.70. The van der Waals surface area contributed by atoms with Crippen LogP contribution in [0.1, 0.15) is 68.1 Å². The Balaban J connectivity index is 1.23. The van der Waals surface area contributed by atoms with E-state index in [-0.39, 0.29) is 30.6 Å². The van der Waals surface area contributed by atoms with Crippen molar-refractivity contribution in [2.75, 3.05) is 46.4 Å². The average molecular weight is 674 g/mol. The number of rotatable bonds is 13. The van der Waals surface area contributed by atoms with Crippen molar-refractivity contribution in [1.29, 1.82) is 0 Å². The fraction of sp³-hybridized carbons (Fsp3) is 0.462. The standard InChI is InChI=1S/C39H48ClN3O5/c1-48-36(45)18-17-35(44)43-25-19-30(20-26-43)37(46)41-29-38(31-9-4-2-5-10-31,32-11-6-3-7-12-32)21-8-24-42-27-22-39(47,23-28-42)33-13-15-34(40)16-14-33/h2-7,9-16,30,47H,8,17-29H2,1H3,(H,41,46). The van der Waals surface area contributed by atoms with E-state index in [0.717, 1.165) is 38.0 Å². The molecule has 2 aliphatic rings. The molecule has 2 heterocycles. The van der Waals surface area contributed by atoms with Gasteiger partial charge >= 0.3 is 5.97 Å². The molecular formula is C39H48ClN3O5. The number of methoxy groups -OCH3 is 1. The molecule has 0 saturated carbocycles. The third kappa shape index (κ3) is 8.84. The van der Waals surface area contributed by atoms with Crippen LogP contribution in [0.25, 0.3) is 0 Å². The lowest BCUT2D eigenvalue weighted by molar-refractivity contribution is -0.144. The highest BCUT2D eigenvalue weighted by molar-refractivity contribution is 6.30. The number of amides is 2. The first-order valence-electron chi connectivity index (χ1n) is 17.2. The Bertz CT molecular complexity index is 1450. The van der Waals surface area contributed by atoms with Gasteiger partial charge in [-0.05, 0) is 73.9 Å². The third-order valence-corrected chi connectivity index (χ3v) is 10.6. The van der Waals surface area contributed by atoms with Crippen molar-refractivity contribution < 1.29 is 24.2 Å². The molecule has 0 spiro atoms. The van der Waals surface area contributed by atoms with E-state index in [2.05, 4.69) is 63.5 Å². The summed E-state index contributed by atoms with van der Waals surface area (Å²) in [6.07, 6.45) is 4.48. The molecule has 0 atom stereocenters.